The number of hydrogen-bond acceptors (Lipinski definition) is 5. The lowest BCUT2D eigenvalue weighted by Crippen LogP contribution is -2.49. The summed E-state index contributed by atoms with van der Waals surface area (Å²) >= 11 is 0. The Morgan fingerprint density at radius 1 is 0.912 bits per heavy atom. The van der Waals surface area contributed by atoms with Crippen molar-refractivity contribution >= 4 is 5.97 Å². The Labute approximate surface area is 195 Å². The Bertz CT molecular complexity index is 1100. The summed E-state index contributed by atoms with van der Waals surface area (Å²) in [5.74, 6) is 0.217. The van der Waals surface area contributed by atoms with E-state index in [1.807, 2.05) is 48.5 Å². The maximum absolute atomic E-state index is 12.7. The third-order valence-electron chi connectivity index (χ3n) is 5.65. The van der Waals surface area contributed by atoms with E-state index in [1.165, 1.54) is 19.2 Å². The lowest BCUT2D eigenvalue weighted by molar-refractivity contribution is -0.220. The van der Waals surface area contributed by atoms with Gasteiger partial charge in [0, 0.05) is 0 Å². The van der Waals surface area contributed by atoms with Crippen LogP contribution in [0, 0.1) is 0 Å². The van der Waals surface area contributed by atoms with E-state index in [-0.39, 0.29) is 6.61 Å². The Balaban J connectivity index is 1.34. The number of benzene rings is 3. The molecule has 3 aromatic rings. The second-order valence-electron chi connectivity index (χ2n) is 7.94. The van der Waals surface area contributed by atoms with Crippen LogP contribution in [0.15, 0.2) is 72.8 Å². The van der Waals surface area contributed by atoms with E-state index in [0.717, 1.165) is 28.8 Å². The monoisotopic (exact) mass is 472 g/mol. The number of esters is 1. The highest BCUT2D eigenvalue weighted by molar-refractivity contribution is 5.70. The van der Waals surface area contributed by atoms with E-state index in [2.05, 4.69) is 4.74 Å². The molecule has 0 bridgehead atoms. The maximum atomic E-state index is 12.7. The third kappa shape index (κ3) is 5.40. The summed E-state index contributed by atoms with van der Waals surface area (Å²) in [6, 6.07) is 20.0. The predicted molar refractivity (Wildman–Crippen MR) is 118 cm³/mol. The number of hydrogen-bond donors (Lipinski definition) is 0. The molecule has 178 valence electrons. The molecule has 3 aromatic carbocycles. The lowest BCUT2D eigenvalue weighted by Gasteiger charge is -2.41. The highest BCUT2D eigenvalue weighted by atomic mass is 19.4. The molecular weight excluding hydrogens is 449 g/mol. The van der Waals surface area contributed by atoms with Crippen molar-refractivity contribution in [2.24, 2.45) is 0 Å². The fourth-order valence-electron chi connectivity index (χ4n) is 3.54. The van der Waals surface area contributed by atoms with Gasteiger partial charge in [-0.25, -0.2) is 4.79 Å². The standard InChI is InChI=1S/C26H23F3O5/c1-31-24(30)15-34-25(16-32-17-25)21-10-12-23(13-11-21)33-14-18-2-4-19(5-3-18)20-6-8-22(9-7-20)26(27,28)29/h2-13H,14-17H2,1H3. The van der Waals surface area contributed by atoms with Crippen LogP contribution >= 0.6 is 0 Å². The van der Waals surface area contributed by atoms with Crippen molar-refractivity contribution < 1.29 is 36.9 Å². The molecule has 34 heavy (non-hydrogen) atoms. The third-order valence-corrected chi connectivity index (χ3v) is 5.65. The number of alkyl halides is 3. The second kappa shape index (κ2) is 9.87. The van der Waals surface area contributed by atoms with E-state index >= 15 is 0 Å². The molecule has 1 heterocycles. The molecule has 0 atom stereocenters. The number of ether oxygens (including phenoxy) is 4. The molecule has 1 aliphatic rings. The van der Waals surface area contributed by atoms with E-state index in [4.69, 9.17) is 14.2 Å². The van der Waals surface area contributed by atoms with E-state index in [0.29, 0.717) is 31.1 Å². The summed E-state index contributed by atoms with van der Waals surface area (Å²) < 4.78 is 59.7. The molecule has 0 N–H and O–H groups in total. The van der Waals surface area contributed by atoms with Gasteiger partial charge >= 0.3 is 12.1 Å². The molecule has 4 rings (SSSR count). The molecule has 1 aliphatic heterocycles. The van der Waals surface area contributed by atoms with Crippen molar-refractivity contribution in [3.8, 4) is 16.9 Å². The second-order valence-corrected chi connectivity index (χ2v) is 7.94. The van der Waals surface area contributed by atoms with Crippen LogP contribution < -0.4 is 4.74 Å². The number of carbonyl (C=O) groups excluding carboxylic acids is 1. The van der Waals surface area contributed by atoms with Crippen LogP contribution in [-0.4, -0.2) is 32.9 Å². The summed E-state index contributed by atoms with van der Waals surface area (Å²) in [6.07, 6.45) is -4.35. The zero-order valence-corrected chi connectivity index (χ0v) is 18.4. The first-order chi connectivity index (χ1) is 16.3. The SMILES string of the molecule is COC(=O)COC1(c2ccc(OCc3ccc(-c4ccc(C(F)(F)F)cc4)cc3)cc2)COC1. The first kappa shape index (κ1) is 23.8. The fourth-order valence-corrected chi connectivity index (χ4v) is 3.54. The largest absolute Gasteiger partial charge is 0.489 e. The van der Waals surface area contributed by atoms with E-state index < -0.39 is 23.3 Å². The van der Waals surface area contributed by atoms with Gasteiger partial charge < -0.3 is 18.9 Å². The summed E-state index contributed by atoms with van der Waals surface area (Å²) in [7, 11) is 1.31. The highest BCUT2D eigenvalue weighted by Gasteiger charge is 2.42. The molecular formula is C26H23F3O5. The smallest absolute Gasteiger partial charge is 0.416 e. The van der Waals surface area contributed by atoms with Crippen molar-refractivity contribution in [3.63, 3.8) is 0 Å². The predicted octanol–water partition coefficient (Wildman–Crippen LogP) is 5.37. The summed E-state index contributed by atoms with van der Waals surface area (Å²) in [5.41, 5.74) is 2.00. The normalized spacial score (nSPS) is 14.8. The Morgan fingerprint density at radius 2 is 1.50 bits per heavy atom. The highest BCUT2D eigenvalue weighted by Crippen LogP contribution is 2.35. The summed E-state index contributed by atoms with van der Waals surface area (Å²) in [6.45, 7) is 0.894. The Kier molecular flexibility index (Phi) is 6.90. The minimum Gasteiger partial charge on any atom is -0.489 e. The number of carbonyl (C=O) groups is 1. The molecule has 5 nitrogen and oxygen atoms in total. The van der Waals surface area contributed by atoms with E-state index in [9.17, 15) is 18.0 Å². The van der Waals surface area contributed by atoms with Gasteiger partial charge in [-0.2, -0.15) is 13.2 Å². The number of rotatable bonds is 8. The van der Waals surface area contributed by atoms with Crippen molar-refractivity contribution in [1.29, 1.82) is 0 Å². The average Bonchev–Trinajstić information content (AvgIpc) is 2.82. The van der Waals surface area contributed by atoms with Crippen molar-refractivity contribution in [2.75, 3.05) is 26.9 Å². The molecule has 0 saturated carbocycles. The van der Waals surface area contributed by atoms with E-state index in [1.54, 1.807) is 0 Å². The van der Waals surface area contributed by atoms with Crippen LogP contribution in [0.5, 0.6) is 5.75 Å². The van der Waals surface area contributed by atoms with Crippen LogP contribution in [0.4, 0.5) is 13.2 Å². The number of halogens is 3. The maximum Gasteiger partial charge on any atom is 0.416 e. The van der Waals surface area contributed by atoms with Crippen molar-refractivity contribution in [1.82, 2.24) is 0 Å². The first-order valence-electron chi connectivity index (χ1n) is 10.6. The minimum absolute atomic E-state index is 0.152. The van der Waals surface area contributed by atoms with Crippen LogP contribution in [0.1, 0.15) is 16.7 Å². The Hall–Kier alpha value is -3.36. The molecule has 0 radical (unpaired) electrons. The summed E-state index contributed by atoms with van der Waals surface area (Å²) in [4.78, 5) is 11.4. The van der Waals surface area contributed by atoms with Gasteiger partial charge in [0.15, 0.2) is 0 Å². The topological polar surface area (TPSA) is 54.0 Å². The van der Waals surface area contributed by atoms with Crippen LogP contribution in [0.3, 0.4) is 0 Å². The lowest BCUT2D eigenvalue weighted by atomic mass is 9.91. The van der Waals surface area contributed by atoms with Gasteiger partial charge in [-0.05, 0) is 46.5 Å². The summed E-state index contributed by atoms with van der Waals surface area (Å²) in [5, 5.41) is 0. The van der Waals surface area contributed by atoms with Gasteiger partial charge in [0.25, 0.3) is 0 Å². The molecule has 0 amide bonds. The molecule has 0 spiro atoms. The van der Waals surface area contributed by atoms with Crippen LogP contribution in [-0.2, 0) is 37.4 Å². The zero-order chi connectivity index (χ0) is 24.2. The van der Waals surface area contributed by atoms with Crippen LogP contribution in [0.25, 0.3) is 11.1 Å². The van der Waals surface area contributed by atoms with Gasteiger partial charge in [0.05, 0.1) is 25.9 Å². The molecule has 0 unspecified atom stereocenters. The van der Waals surface area contributed by atoms with Gasteiger partial charge in [0.2, 0.25) is 0 Å². The van der Waals surface area contributed by atoms with Crippen LogP contribution in [0.2, 0.25) is 0 Å². The van der Waals surface area contributed by atoms with Gasteiger partial charge in [-0.3, -0.25) is 0 Å². The van der Waals surface area contributed by atoms with Gasteiger partial charge in [-0.15, -0.1) is 0 Å². The molecule has 1 saturated heterocycles. The quantitative estimate of drug-likeness (QED) is 0.413. The fraction of sp³-hybridized carbons (Fsp3) is 0.269. The minimum atomic E-state index is -4.35. The molecule has 0 aromatic heterocycles. The van der Waals surface area contributed by atoms with Crippen molar-refractivity contribution in [2.45, 2.75) is 18.4 Å². The molecule has 8 heteroatoms. The molecule has 0 aliphatic carbocycles. The zero-order valence-electron chi connectivity index (χ0n) is 18.4. The first-order valence-corrected chi connectivity index (χ1v) is 10.6. The number of methoxy groups -OCH3 is 1. The molecule has 1 fully saturated rings. The average molecular weight is 472 g/mol. The van der Waals surface area contributed by atoms with Gasteiger partial charge in [-0.1, -0.05) is 48.5 Å². The van der Waals surface area contributed by atoms with Gasteiger partial charge in [0.1, 0.15) is 24.6 Å². The van der Waals surface area contributed by atoms with Crippen molar-refractivity contribution in [3.05, 3.63) is 89.5 Å². The Morgan fingerprint density at radius 3 is 2.00 bits per heavy atom.